The van der Waals surface area contributed by atoms with Gasteiger partial charge in [0.25, 0.3) is 0 Å². The highest BCUT2D eigenvalue weighted by Crippen LogP contribution is 2.30. The van der Waals surface area contributed by atoms with E-state index < -0.39 is 5.82 Å². The van der Waals surface area contributed by atoms with E-state index in [0.29, 0.717) is 11.2 Å². The standard InChI is InChI=1S/C11H9Cl2FN4/c12-9-7(14)8-6(5-15-9)10(17-11(13)16-8)18-3-1-2-4-18/h5H,1-4H2. The Balaban J connectivity index is 2.27. The molecule has 0 radical (unpaired) electrons. The lowest BCUT2D eigenvalue weighted by Crippen LogP contribution is -2.20. The topological polar surface area (TPSA) is 41.9 Å². The highest BCUT2D eigenvalue weighted by Gasteiger charge is 2.20. The predicted octanol–water partition coefficient (Wildman–Crippen LogP) is 3.07. The van der Waals surface area contributed by atoms with Gasteiger partial charge in [0.15, 0.2) is 11.0 Å². The Morgan fingerprint density at radius 3 is 2.61 bits per heavy atom. The van der Waals surface area contributed by atoms with Gasteiger partial charge < -0.3 is 4.90 Å². The molecule has 1 saturated heterocycles. The Morgan fingerprint density at radius 2 is 1.89 bits per heavy atom. The van der Waals surface area contributed by atoms with Gasteiger partial charge in [0.05, 0.1) is 5.39 Å². The molecular weight excluding hydrogens is 278 g/mol. The largest absolute Gasteiger partial charge is 0.356 e. The summed E-state index contributed by atoms with van der Waals surface area (Å²) in [6.07, 6.45) is 3.67. The van der Waals surface area contributed by atoms with E-state index in [1.165, 1.54) is 6.20 Å². The minimum atomic E-state index is -0.654. The number of aromatic nitrogens is 3. The zero-order chi connectivity index (χ0) is 12.7. The zero-order valence-electron chi connectivity index (χ0n) is 9.33. The van der Waals surface area contributed by atoms with Gasteiger partial charge in [-0.3, -0.25) is 0 Å². The van der Waals surface area contributed by atoms with E-state index in [9.17, 15) is 4.39 Å². The number of hydrogen-bond acceptors (Lipinski definition) is 4. The number of anilines is 1. The third-order valence-corrected chi connectivity index (χ3v) is 3.43. The van der Waals surface area contributed by atoms with Crippen molar-refractivity contribution < 1.29 is 4.39 Å². The summed E-state index contributed by atoms with van der Waals surface area (Å²) in [7, 11) is 0. The summed E-state index contributed by atoms with van der Waals surface area (Å²) in [6.45, 7) is 1.76. The minimum absolute atomic E-state index is 0.0190. The molecule has 18 heavy (non-hydrogen) atoms. The van der Waals surface area contributed by atoms with Crippen LogP contribution in [-0.4, -0.2) is 28.0 Å². The molecule has 0 atom stereocenters. The monoisotopic (exact) mass is 286 g/mol. The molecule has 2 aromatic rings. The Bertz CT molecular complexity index is 614. The maximum absolute atomic E-state index is 13.9. The molecule has 1 aliphatic rings. The highest BCUT2D eigenvalue weighted by molar-refractivity contribution is 6.30. The number of hydrogen-bond donors (Lipinski definition) is 0. The van der Waals surface area contributed by atoms with Crippen molar-refractivity contribution in [2.24, 2.45) is 0 Å². The van der Waals surface area contributed by atoms with Crippen LogP contribution in [0.25, 0.3) is 10.9 Å². The van der Waals surface area contributed by atoms with Gasteiger partial charge in [-0.25, -0.2) is 14.4 Å². The lowest BCUT2D eigenvalue weighted by molar-refractivity contribution is 0.631. The SMILES string of the molecule is Fc1c(Cl)ncc2c(N3CCCC3)nc(Cl)nc12. The van der Waals surface area contributed by atoms with Crippen molar-refractivity contribution in [3.05, 3.63) is 22.5 Å². The molecule has 0 amide bonds. The van der Waals surface area contributed by atoms with Crippen LogP contribution >= 0.6 is 23.2 Å². The molecule has 0 saturated carbocycles. The van der Waals surface area contributed by atoms with Gasteiger partial charge >= 0.3 is 0 Å². The van der Waals surface area contributed by atoms with Crippen molar-refractivity contribution in [2.75, 3.05) is 18.0 Å². The van der Waals surface area contributed by atoms with Gasteiger partial charge in [0.2, 0.25) is 5.28 Å². The van der Waals surface area contributed by atoms with Crippen LogP contribution in [0, 0.1) is 5.82 Å². The summed E-state index contributed by atoms with van der Waals surface area (Å²) in [5.41, 5.74) is 0.122. The second-order valence-corrected chi connectivity index (χ2v) is 4.83. The van der Waals surface area contributed by atoms with Gasteiger partial charge in [0, 0.05) is 19.3 Å². The van der Waals surface area contributed by atoms with Gasteiger partial charge in [0.1, 0.15) is 11.3 Å². The lowest BCUT2D eigenvalue weighted by Gasteiger charge is -2.18. The molecule has 1 fully saturated rings. The van der Waals surface area contributed by atoms with Crippen LogP contribution in [0.4, 0.5) is 10.2 Å². The van der Waals surface area contributed by atoms with Crippen LogP contribution in [0.3, 0.4) is 0 Å². The number of fused-ring (bicyclic) bond motifs is 1. The van der Waals surface area contributed by atoms with Crippen molar-refractivity contribution >= 4 is 39.9 Å². The average Bonchev–Trinajstić information content (AvgIpc) is 2.87. The van der Waals surface area contributed by atoms with Crippen LogP contribution in [-0.2, 0) is 0 Å². The van der Waals surface area contributed by atoms with Crippen molar-refractivity contribution in [3.63, 3.8) is 0 Å². The molecule has 0 spiro atoms. The first kappa shape index (κ1) is 11.9. The fraction of sp³-hybridized carbons (Fsp3) is 0.364. The van der Waals surface area contributed by atoms with Gasteiger partial charge in [-0.2, -0.15) is 4.98 Å². The van der Waals surface area contributed by atoms with Crippen molar-refractivity contribution in [1.29, 1.82) is 0 Å². The summed E-state index contributed by atoms with van der Waals surface area (Å²) >= 11 is 11.5. The fourth-order valence-electron chi connectivity index (χ4n) is 2.16. The van der Waals surface area contributed by atoms with E-state index in [1.807, 2.05) is 0 Å². The Kier molecular flexibility index (Phi) is 2.95. The normalized spacial score (nSPS) is 15.6. The van der Waals surface area contributed by atoms with Crippen LogP contribution in [0.2, 0.25) is 10.4 Å². The zero-order valence-corrected chi connectivity index (χ0v) is 10.8. The first-order valence-corrected chi connectivity index (χ1v) is 6.34. The Labute approximate surface area is 113 Å². The minimum Gasteiger partial charge on any atom is -0.356 e. The van der Waals surface area contributed by atoms with E-state index >= 15 is 0 Å². The molecule has 1 aliphatic heterocycles. The van der Waals surface area contributed by atoms with Crippen LogP contribution in [0.15, 0.2) is 6.20 Å². The van der Waals surface area contributed by atoms with Crippen molar-refractivity contribution in [3.8, 4) is 0 Å². The Hall–Kier alpha value is -1.20. The molecule has 7 heteroatoms. The lowest BCUT2D eigenvalue weighted by atomic mass is 10.3. The molecule has 0 aromatic carbocycles. The third kappa shape index (κ3) is 1.87. The summed E-state index contributed by atoms with van der Waals surface area (Å²) in [5, 5.41) is 0.360. The average molecular weight is 287 g/mol. The Morgan fingerprint density at radius 1 is 1.17 bits per heavy atom. The second-order valence-electron chi connectivity index (χ2n) is 4.14. The van der Waals surface area contributed by atoms with Crippen LogP contribution < -0.4 is 4.90 Å². The smallest absolute Gasteiger partial charge is 0.225 e. The van der Waals surface area contributed by atoms with Gasteiger partial charge in [-0.05, 0) is 24.4 Å². The van der Waals surface area contributed by atoms with E-state index in [-0.39, 0.29) is 16.0 Å². The summed E-state index contributed by atoms with van der Waals surface area (Å²) < 4.78 is 13.9. The first-order valence-electron chi connectivity index (χ1n) is 5.59. The fourth-order valence-corrected chi connectivity index (χ4v) is 2.47. The molecule has 3 heterocycles. The number of halogens is 3. The molecule has 94 valence electrons. The van der Waals surface area contributed by atoms with E-state index in [1.54, 1.807) is 0 Å². The third-order valence-electron chi connectivity index (χ3n) is 3.00. The van der Waals surface area contributed by atoms with Crippen molar-refractivity contribution in [1.82, 2.24) is 15.0 Å². The first-order chi connectivity index (χ1) is 8.66. The maximum atomic E-state index is 13.9. The van der Waals surface area contributed by atoms with E-state index in [2.05, 4.69) is 19.9 Å². The summed E-state index contributed by atoms with van der Waals surface area (Å²) in [5.74, 6) is -0.0236. The molecule has 0 bridgehead atoms. The molecule has 3 rings (SSSR count). The van der Waals surface area contributed by atoms with Gasteiger partial charge in [-0.1, -0.05) is 11.6 Å². The molecule has 2 aromatic heterocycles. The molecule has 4 nitrogen and oxygen atoms in total. The molecule has 0 unspecified atom stereocenters. The van der Waals surface area contributed by atoms with E-state index in [4.69, 9.17) is 23.2 Å². The summed E-state index contributed by atoms with van der Waals surface area (Å²) in [4.78, 5) is 14.0. The second kappa shape index (κ2) is 4.48. The molecule has 0 N–H and O–H groups in total. The highest BCUT2D eigenvalue weighted by atomic mass is 35.5. The molecular formula is C11H9Cl2FN4. The van der Waals surface area contributed by atoms with Crippen LogP contribution in [0.5, 0.6) is 0 Å². The summed E-state index contributed by atoms with van der Waals surface area (Å²) in [6, 6.07) is 0. The quantitative estimate of drug-likeness (QED) is 0.597. The number of pyridine rings is 1. The van der Waals surface area contributed by atoms with Gasteiger partial charge in [-0.15, -0.1) is 0 Å². The maximum Gasteiger partial charge on any atom is 0.225 e. The van der Waals surface area contributed by atoms with E-state index in [0.717, 1.165) is 25.9 Å². The number of nitrogens with zero attached hydrogens (tertiary/aromatic N) is 4. The van der Waals surface area contributed by atoms with Crippen molar-refractivity contribution in [2.45, 2.75) is 12.8 Å². The molecule has 0 aliphatic carbocycles. The van der Waals surface area contributed by atoms with Crippen LogP contribution in [0.1, 0.15) is 12.8 Å². The predicted molar refractivity (Wildman–Crippen MR) is 68.8 cm³/mol. The number of rotatable bonds is 1.